The number of halogens is 3. The highest BCUT2D eigenvalue weighted by atomic mass is 32.2. The van der Waals surface area contributed by atoms with Gasteiger partial charge in [0.2, 0.25) is 0 Å². The minimum absolute atomic E-state index is 0.0237. The average Bonchev–Trinajstić information content (AvgIpc) is 3.03. The van der Waals surface area contributed by atoms with Crippen LogP contribution in [0.3, 0.4) is 0 Å². The van der Waals surface area contributed by atoms with E-state index in [0.717, 1.165) is 38.1 Å². The minimum atomic E-state index is -4.59. The highest BCUT2D eigenvalue weighted by Gasteiger charge is 2.33. The van der Waals surface area contributed by atoms with Crippen LogP contribution in [0.4, 0.5) is 13.2 Å². The van der Waals surface area contributed by atoms with Crippen LogP contribution in [0.5, 0.6) is 5.75 Å². The number of hydrogen-bond acceptors (Lipinski definition) is 9. The van der Waals surface area contributed by atoms with Crippen LogP contribution < -0.4 is 4.74 Å². The monoisotopic (exact) mass is 635 g/mol. The Morgan fingerprint density at radius 1 is 1.07 bits per heavy atom. The van der Waals surface area contributed by atoms with Crippen LogP contribution in [-0.4, -0.2) is 94.6 Å². The summed E-state index contributed by atoms with van der Waals surface area (Å²) in [7, 11) is -1.25. The number of aromatic nitrogens is 1. The summed E-state index contributed by atoms with van der Waals surface area (Å²) >= 11 is 0. The second-order valence-electron chi connectivity index (χ2n) is 11.0. The molecule has 2 aliphatic rings. The van der Waals surface area contributed by atoms with Crippen LogP contribution in [-0.2, 0) is 32.0 Å². The molecule has 0 radical (unpaired) electrons. The lowest BCUT2D eigenvalue weighted by atomic mass is 9.94. The number of morpholine rings is 1. The Morgan fingerprint density at radius 2 is 1.77 bits per heavy atom. The van der Waals surface area contributed by atoms with Gasteiger partial charge in [0.15, 0.2) is 9.84 Å². The maximum absolute atomic E-state index is 13.8. The number of sulfone groups is 1. The Kier molecular flexibility index (Phi) is 9.49. The number of likely N-dealkylation sites (tertiary alicyclic amines) is 1. The fourth-order valence-electron chi connectivity index (χ4n) is 6.05. The predicted molar refractivity (Wildman–Crippen MR) is 158 cm³/mol. The lowest BCUT2D eigenvalue weighted by Gasteiger charge is -2.40. The molecule has 2 aromatic carbocycles. The fourth-order valence-corrected chi connectivity index (χ4v) is 7.11. The number of benzene rings is 2. The molecule has 0 saturated carbocycles. The highest BCUT2D eigenvalue weighted by Crippen LogP contribution is 2.39. The van der Waals surface area contributed by atoms with Crippen LogP contribution in [0, 0.1) is 0 Å². The van der Waals surface area contributed by atoms with E-state index >= 15 is 0 Å². The Labute approximate surface area is 254 Å². The lowest BCUT2D eigenvalue weighted by Crippen LogP contribution is -2.48. The van der Waals surface area contributed by atoms with Crippen molar-refractivity contribution in [2.24, 2.45) is 0 Å². The summed E-state index contributed by atoms with van der Waals surface area (Å²) in [6.45, 7) is 6.24. The van der Waals surface area contributed by atoms with E-state index in [0.29, 0.717) is 37.9 Å². The molecule has 0 unspecified atom stereocenters. The molecule has 0 spiro atoms. The van der Waals surface area contributed by atoms with E-state index in [4.69, 9.17) is 19.2 Å². The number of methoxy groups -OCH3 is 2. The van der Waals surface area contributed by atoms with Crippen molar-refractivity contribution >= 4 is 26.7 Å². The highest BCUT2D eigenvalue weighted by molar-refractivity contribution is 7.91. The Hall–Kier alpha value is -3.26. The lowest BCUT2D eigenvalue weighted by molar-refractivity contribution is -0.137. The summed E-state index contributed by atoms with van der Waals surface area (Å²) < 4.78 is 83.4. The quantitative estimate of drug-likeness (QED) is 0.323. The Morgan fingerprint density at radius 3 is 2.39 bits per heavy atom. The third kappa shape index (κ3) is 6.56. The molecule has 0 amide bonds. The molecule has 0 N–H and O–H groups in total. The van der Waals surface area contributed by atoms with Crippen LogP contribution in [0.2, 0.25) is 0 Å². The molecule has 2 fully saturated rings. The SMILES string of the molecule is CCS(=O)(=O)c1cc2c(C(=O)OC)c(CN3CCC(N4CCOCC4)CC3)c(-c3cccc(C(F)(F)F)c3)nc2cc1OC. The first-order chi connectivity index (χ1) is 21.0. The van der Waals surface area contributed by atoms with E-state index in [1.54, 1.807) is 0 Å². The number of esters is 1. The third-order valence-corrected chi connectivity index (χ3v) is 10.2. The first kappa shape index (κ1) is 32.1. The van der Waals surface area contributed by atoms with Gasteiger partial charge in [0.1, 0.15) is 10.6 Å². The molecular weight excluding hydrogens is 599 g/mol. The van der Waals surface area contributed by atoms with Gasteiger partial charge in [-0.3, -0.25) is 9.80 Å². The zero-order valence-corrected chi connectivity index (χ0v) is 25.8. The van der Waals surface area contributed by atoms with Gasteiger partial charge in [-0.1, -0.05) is 19.1 Å². The number of fused-ring (bicyclic) bond motifs is 1. The molecule has 9 nitrogen and oxygen atoms in total. The van der Waals surface area contributed by atoms with Crippen LogP contribution in [0.1, 0.15) is 41.3 Å². The number of pyridine rings is 1. The fraction of sp³-hybridized carbons (Fsp3) is 0.484. The summed E-state index contributed by atoms with van der Waals surface area (Å²) in [5.41, 5.74) is 0.144. The van der Waals surface area contributed by atoms with Crippen molar-refractivity contribution < 1.29 is 40.6 Å². The van der Waals surface area contributed by atoms with Crippen molar-refractivity contribution in [3.05, 3.63) is 53.1 Å². The van der Waals surface area contributed by atoms with Crippen molar-refractivity contribution in [1.82, 2.24) is 14.8 Å². The molecule has 238 valence electrons. The number of carbonyl (C=O) groups is 1. The summed E-state index contributed by atoms with van der Waals surface area (Å²) in [6.07, 6.45) is -2.83. The Bertz CT molecular complexity index is 1630. The van der Waals surface area contributed by atoms with Crippen molar-refractivity contribution in [3.63, 3.8) is 0 Å². The standard InChI is InChI=1S/C31H36F3N3O6S/c1-4-44(39,40)27-17-23-25(18-26(27)41-2)35-29(20-6-5-7-21(16-20)31(32,33)34)24(28(23)30(38)42-3)19-36-10-8-22(9-11-36)37-12-14-43-15-13-37/h5-7,16-18,22H,4,8-15,19H2,1-3H3. The number of hydrogen-bond donors (Lipinski definition) is 0. The van der Waals surface area contributed by atoms with Gasteiger partial charge in [-0.05, 0) is 44.1 Å². The number of carbonyl (C=O) groups excluding carboxylic acids is 1. The van der Waals surface area contributed by atoms with Crippen LogP contribution in [0.25, 0.3) is 22.2 Å². The van der Waals surface area contributed by atoms with Gasteiger partial charge in [-0.2, -0.15) is 13.2 Å². The van der Waals surface area contributed by atoms with Gasteiger partial charge < -0.3 is 14.2 Å². The van der Waals surface area contributed by atoms with Gasteiger partial charge in [0.05, 0.1) is 55.5 Å². The maximum atomic E-state index is 13.8. The van der Waals surface area contributed by atoms with Gasteiger partial charge in [0.25, 0.3) is 0 Å². The molecule has 5 rings (SSSR count). The average molecular weight is 636 g/mol. The molecule has 3 heterocycles. The summed E-state index contributed by atoms with van der Waals surface area (Å²) in [6, 6.07) is 7.96. The molecule has 1 aromatic heterocycles. The number of alkyl halides is 3. The zero-order chi connectivity index (χ0) is 31.6. The van der Waals surface area contributed by atoms with Crippen molar-refractivity contribution in [1.29, 1.82) is 0 Å². The van der Waals surface area contributed by atoms with Crippen LogP contribution >= 0.6 is 0 Å². The van der Waals surface area contributed by atoms with Gasteiger partial charge in [-0.15, -0.1) is 0 Å². The molecule has 0 atom stereocenters. The normalized spacial score (nSPS) is 17.6. The number of nitrogens with zero attached hydrogens (tertiary/aromatic N) is 3. The first-order valence-corrected chi connectivity index (χ1v) is 16.2. The molecule has 13 heteroatoms. The number of piperidine rings is 1. The van der Waals surface area contributed by atoms with E-state index in [1.807, 2.05) is 0 Å². The summed E-state index contributed by atoms with van der Waals surface area (Å²) in [5.74, 6) is -0.923. The van der Waals surface area contributed by atoms with Gasteiger partial charge in [0, 0.05) is 48.3 Å². The largest absolute Gasteiger partial charge is 0.495 e. The van der Waals surface area contributed by atoms with Crippen molar-refractivity contribution in [2.45, 2.75) is 43.4 Å². The predicted octanol–water partition coefficient (Wildman–Crippen LogP) is 4.81. The second kappa shape index (κ2) is 13.0. The third-order valence-electron chi connectivity index (χ3n) is 8.44. The Balaban J connectivity index is 1.68. The first-order valence-electron chi connectivity index (χ1n) is 14.5. The van der Waals surface area contributed by atoms with Gasteiger partial charge in [-0.25, -0.2) is 18.2 Å². The van der Waals surface area contributed by atoms with Crippen molar-refractivity contribution in [3.8, 4) is 17.0 Å². The second-order valence-corrected chi connectivity index (χ2v) is 13.2. The molecule has 0 bridgehead atoms. The molecular formula is C31H36F3N3O6S. The molecule has 2 aliphatic heterocycles. The summed E-state index contributed by atoms with van der Waals surface area (Å²) in [5, 5.41) is 0.221. The van der Waals surface area contributed by atoms with E-state index in [9.17, 15) is 26.4 Å². The van der Waals surface area contributed by atoms with E-state index in [2.05, 4.69) is 9.80 Å². The number of rotatable bonds is 8. The number of ether oxygens (including phenoxy) is 3. The minimum Gasteiger partial charge on any atom is -0.495 e. The molecule has 0 aliphatic carbocycles. The zero-order valence-electron chi connectivity index (χ0n) is 24.9. The van der Waals surface area contributed by atoms with E-state index in [1.165, 1.54) is 45.4 Å². The molecule has 3 aromatic rings. The topological polar surface area (TPSA) is 98.3 Å². The van der Waals surface area contributed by atoms with E-state index in [-0.39, 0.29) is 50.7 Å². The van der Waals surface area contributed by atoms with Crippen LogP contribution in [0.15, 0.2) is 41.3 Å². The molecule has 44 heavy (non-hydrogen) atoms. The summed E-state index contributed by atoms with van der Waals surface area (Å²) in [4.78, 5) is 22.7. The maximum Gasteiger partial charge on any atom is 0.416 e. The van der Waals surface area contributed by atoms with E-state index < -0.39 is 27.5 Å². The smallest absolute Gasteiger partial charge is 0.416 e. The molecule has 2 saturated heterocycles. The van der Waals surface area contributed by atoms with Gasteiger partial charge >= 0.3 is 12.1 Å². The van der Waals surface area contributed by atoms with Crippen molar-refractivity contribution in [2.75, 3.05) is 59.4 Å².